The summed E-state index contributed by atoms with van der Waals surface area (Å²) in [7, 11) is 0. The molecule has 5 nitrogen and oxygen atoms in total. The quantitative estimate of drug-likeness (QED) is 0.482. The fraction of sp³-hybridized carbons (Fsp3) is 0.130. The van der Waals surface area contributed by atoms with Crippen LogP contribution in [-0.4, -0.2) is 16.2 Å². The van der Waals surface area contributed by atoms with E-state index in [0.717, 1.165) is 22.5 Å². The summed E-state index contributed by atoms with van der Waals surface area (Å²) in [6, 6.07) is 22.6. The monoisotopic (exact) mass is 405 g/mol. The SMILES string of the molecule is O=c1c(CNc2ccccn2)cc2ccc(Cl)cc2n1CCOc1ccccc1. The minimum Gasteiger partial charge on any atom is -0.492 e. The predicted molar refractivity (Wildman–Crippen MR) is 117 cm³/mol. The van der Waals surface area contributed by atoms with Crippen LogP contribution in [0.15, 0.2) is 83.8 Å². The average Bonchev–Trinajstić information content (AvgIpc) is 2.76. The van der Waals surface area contributed by atoms with E-state index >= 15 is 0 Å². The first-order valence-electron chi connectivity index (χ1n) is 9.35. The lowest BCUT2D eigenvalue weighted by Crippen LogP contribution is -2.27. The number of anilines is 1. The third kappa shape index (κ3) is 4.58. The second-order valence-corrected chi connectivity index (χ2v) is 7.00. The van der Waals surface area contributed by atoms with E-state index in [2.05, 4.69) is 10.3 Å². The molecule has 0 aliphatic carbocycles. The number of benzene rings is 2. The summed E-state index contributed by atoms with van der Waals surface area (Å²) in [6.45, 7) is 1.18. The van der Waals surface area contributed by atoms with Gasteiger partial charge in [-0.15, -0.1) is 0 Å². The fourth-order valence-corrected chi connectivity index (χ4v) is 3.34. The fourth-order valence-electron chi connectivity index (χ4n) is 3.18. The maximum absolute atomic E-state index is 13.2. The number of hydrogen-bond acceptors (Lipinski definition) is 4. The van der Waals surface area contributed by atoms with E-state index in [1.165, 1.54) is 0 Å². The maximum Gasteiger partial charge on any atom is 0.256 e. The molecule has 0 radical (unpaired) electrons. The number of pyridine rings is 2. The minimum absolute atomic E-state index is 0.0696. The predicted octanol–water partition coefficient (Wildman–Crippen LogP) is 4.74. The Bertz CT molecular complexity index is 1160. The largest absolute Gasteiger partial charge is 0.492 e. The van der Waals surface area contributed by atoms with Crippen molar-refractivity contribution in [2.45, 2.75) is 13.1 Å². The van der Waals surface area contributed by atoms with Gasteiger partial charge in [0, 0.05) is 23.3 Å². The molecule has 0 unspecified atom stereocenters. The van der Waals surface area contributed by atoms with E-state index in [0.29, 0.717) is 30.3 Å². The standard InChI is InChI=1S/C23H20ClN3O2/c24-19-10-9-17-14-18(16-26-22-8-4-5-11-25-22)23(28)27(21(17)15-19)12-13-29-20-6-2-1-3-7-20/h1-11,14-15H,12-13,16H2,(H,25,26). The zero-order valence-corrected chi connectivity index (χ0v) is 16.5. The number of para-hydroxylation sites is 1. The molecule has 0 amide bonds. The number of ether oxygens (including phenoxy) is 1. The first-order valence-corrected chi connectivity index (χ1v) is 9.73. The van der Waals surface area contributed by atoms with Crippen LogP contribution in [-0.2, 0) is 13.1 Å². The molecule has 4 rings (SSSR count). The van der Waals surface area contributed by atoms with Crippen molar-refractivity contribution in [3.8, 4) is 5.75 Å². The van der Waals surface area contributed by atoms with E-state index in [9.17, 15) is 4.79 Å². The van der Waals surface area contributed by atoms with Gasteiger partial charge in [0.2, 0.25) is 0 Å². The summed E-state index contributed by atoms with van der Waals surface area (Å²) in [5.74, 6) is 1.50. The molecule has 0 saturated heterocycles. The second kappa shape index (κ2) is 8.80. The van der Waals surface area contributed by atoms with Crippen LogP contribution in [0.25, 0.3) is 10.9 Å². The van der Waals surface area contributed by atoms with Crippen molar-refractivity contribution in [1.82, 2.24) is 9.55 Å². The van der Waals surface area contributed by atoms with Crippen molar-refractivity contribution >= 4 is 28.3 Å². The molecule has 2 aromatic heterocycles. The number of halogens is 1. The lowest BCUT2D eigenvalue weighted by atomic mass is 10.1. The van der Waals surface area contributed by atoms with Gasteiger partial charge in [0.05, 0.1) is 12.1 Å². The average molecular weight is 406 g/mol. The van der Waals surface area contributed by atoms with Gasteiger partial charge >= 0.3 is 0 Å². The Morgan fingerprint density at radius 3 is 2.62 bits per heavy atom. The van der Waals surface area contributed by atoms with Gasteiger partial charge in [-0.1, -0.05) is 41.9 Å². The number of nitrogens with one attached hydrogen (secondary N) is 1. The highest BCUT2D eigenvalue weighted by Crippen LogP contribution is 2.20. The Labute approximate surface area is 173 Å². The van der Waals surface area contributed by atoms with Crippen molar-refractivity contribution in [3.63, 3.8) is 0 Å². The molecule has 0 fully saturated rings. The summed E-state index contributed by atoms with van der Waals surface area (Å²) < 4.78 is 7.52. The highest BCUT2D eigenvalue weighted by molar-refractivity contribution is 6.31. The molecule has 6 heteroatoms. The van der Waals surface area contributed by atoms with E-state index in [1.54, 1.807) is 10.8 Å². The molecule has 29 heavy (non-hydrogen) atoms. The highest BCUT2D eigenvalue weighted by atomic mass is 35.5. The van der Waals surface area contributed by atoms with Gasteiger partial charge in [0.15, 0.2) is 0 Å². The van der Waals surface area contributed by atoms with Gasteiger partial charge < -0.3 is 14.6 Å². The van der Waals surface area contributed by atoms with E-state index < -0.39 is 0 Å². The molecule has 146 valence electrons. The lowest BCUT2D eigenvalue weighted by molar-refractivity contribution is 0.298. The van der Waals surface area contributed by atoms with Crippen LogP contribution in [0.1, 0.15) is 5.56 Å². The van der Waals surface area contributed by atoms with E-state index in [1.807, 2.05) is 72.8 Å². The molecule has 0 spiro atoms. The third-order valence-corrected chi connectivity index (χ3v) is 4.82. The van der Waals surface area contributed by atoms with Crippen LogP contribution in [0.4, 0.5) is 5.82 Å². The smallest absolute Gasteiger partial charge is 0.256 e. The van der Waals surface area contributed by atoms with Crippen LogP contribution in [0.2, 0.25) is 5.02 Å². The summed E-state index contributed by atoms with van der Waals surface area (Å²) in [6.07, 6.45) is 1.71. The second-order valence-electron chi connectivity index (χ2n) is 6.56. The van der Waals surface area contributed by atoms with Crippen molar-refractivity contribution in [3.05, 3.63) is 99.9 Å². The topological polar surface area (TPSA) is 56.2 Å². The number of fused-ring (bicyclic) bond motifs is 1. The van der Waals surface area contributed by atoms with Gasteiger partial charge in [-0.05, 0) is 47.9 Å². The van der Waals surface area contributed by atoms with Crippen molar-refractivity contribution in [2.75, 3.05) is 11.9 Å². The van der Waals surface area contributed by atoms with Crippen molar-refractivity contribution in [2.24, 2.45) is 0 Å². The van der Waals surface area contributed by atoms with Gasteiger partial charge in [-0.25, -0.2) is 4.98 Å². The number of aromatic nitrogens is 2. The lowest BCUT2D eigenvalue weighted by Gasteiger charge is -2.14. The zero-order chi connectivity index (χ0) is 20.1. The van der Waals surface area contributed by atoms with Crippen LogP contribution in [0, 0.1) is 0 Å². The van der Waals surface area contributed by atoms with E-state index in [-0.39, 0.29) is 5.56 Å². The van der Waals surface area contributed by atoms with Crippen LogP contribution in [0.3, 0.4) is 0 Å². The van der Waals surface area contributed by atoms with Gasteiger partial charge in [0.1, 0.15) is 18.2 Å². The molecule has 0 aliphatic heterocycles. The summed E-state index contributed by atoms with van der Waals surface area (Å²) in [4.78, 5) is 17.4. The van der Waals surface area contributed by atoms with Crippen LogP contribution in [0.5, 0.6) is 5.75 Å². The normalized spacial score (nSPS) is 10.8. The minimum atomic E-state index is -0.0696. The van der Waals surface area contributed by atoms with Gasteiger partial charge in [-0.2, -0.15) is 0 Å². The Hall–Kier alpha value is -3.31. The van der Waals surface area contributed by atoms with Crippen molar-refractivity contribution in [1.29, 1.82) is 0 Å². The molecule has 0 aliphatic rings. The molecule has 4 aromatic rings. The Balaban J connectivity index is 1.62. The molecule has 0 saturated carbocycles. The molecular weight excluding hydrogens is 386 g/mol. The van der Waals surface area contributed by atoms with Crippen LogP contribution >= 0.6 is 11.6 Å². The van der Waals surface area contributed by atoms with Gasteiger partial charge in [0.25, 0.3) is 5.56 Å². The zero-order valence-electron chi connectivity index (χ0n) is 15.7. The summed E-state index contributed by atoms with van der Waals surface area (Å²) >= 11 is 6.19. The number of rotatable bonds is 7. The Morgan fingerprint density at radius 2 is 1.83 bits per heavy atom. The molecule has 2 aromatic carbocycles. The maximum atomic E-state index is 13.2. The molecule has 0 atom stereocenters. The van der Waals surface area contributed by atoms with Gasteiger partial charge in [-0.3, -0.25) is 4.79 Å². The Morgan fingerprint density at radius 1 is 1.00 bits per heavy atom. The number of hydrogen-bond donors (Lipinski definition) is 1. The molecule has 2 heterocycles. The van der Waals surface area contributed by atoms with E-state index in [4.69, 9.17) is 16.3 Å². The number of nitrogens with zero attached hydrogens (tertiary/aromatic N) is 2. The highest BCUT2D eigenvalue weighted by Gasteiger charge is 2.10. The Kier molecular flexibility index (Phi) is 5.77. The first-order chi connectivity index (χ1) is 14.2. The summed E-state index contributed by atoms with van der Waals surface area (Å²) in [5.41, 5.74) is 1.38. The molecule has 1 N–H and O–H groups in total. The van der Waals surface area contributed by atoms with Crippen LogP contribution < -0.4 is 15.6 Å². The summed E-state index contributed by atoms with van der Waals surface area (Å²) in [5, 5.41) is 4.75. The third-order valence-electron chi connectivity index (χ3n) is 4.58. The van der Waals surface area contributed by atoms with Crippen molar-refractivity contribution < 1.29 is 4.74 Å². The molecule has 0 bridgehead atoms. The molecular formula is C23H20ClN3O2. The first kappa shape index (κ1) is 19.0.